The highest BCUT2D eigenvalue weighted by Crippen LogP contribution is 2.42. The van der Waals surface area contributed by atoms with Crippen molar-refractivity contribution >= 4 is 16.6 Å². The fraction of sp³-hybridized carbons (Fsp3) is 0.290. The van der Waals surface area contributed by atoms with Crippen molar-refractivity contribution in [3.63, 3.8) is 0 Å². The third-order valence-corrected chi connectivity index (χ3v) is 7.60. The van der Waals surface area contributed by atoms with Crippen LogP contribution in [-0.4, -0.2) is 49.0 Å². The molecule has 0 radical (unpaired) electrons. The molecule has 0 aliphatic carbocycles. The third-order valence-electron chi connectivity index (χ3n) is 7.60. The quantitative estimate of drug-likeness (QED) is 0.343. The van der Waals surface area contributed by atoms with E-state index in [1.54, 1.807) is 12.3 Å². The predicted octanol–water partition coefficient (Wildman–Crippen LogP) is 5.55. The molecule has 1 atom stereocenters. The molecule has 4 aromatic rings. The van der Waals surface area contributed by atoms with Gasteiger partial charge in [-0.3, -0.25) is 4.98 Å². The van der Waals surface area contributed by atoms with E-state index < -0.39 is 5.82 Å². The maximum Gasteiger partial charge on any atom is 0.141 e. The van der Waals surface area contributed by atoms with Gasteiger partial charge in [0.15, 0.2) is 0 Å². The number of aromatic hydroxyl groups is 1. The number of nitrogens with one attached hydrogen (secondary N) is 1. The van der Waals surface area contributed by atoms with Crippen LogP contribution in [0.25, 0.3) is 33.2 Å². The summed E-state index contributed by atoms with van der Waals surface area (Å²) in [5.74, 6) is -0.740. The van der Waals surface area contributed by atoms with Crippen LogP contribution < -0.4 is 10.2 Å². The van der Waals surface area contributed by atoms with Crippen LogP contribution in [0.5, 0.6) is 5.75 Å². The van der Waals surface area contributed by atoms with Gasteiger partial charge in [0.2, 0.25) is 0 Å². The molecule has 2 N–H and O–H groups in total. The van der Waals surface area contributed by atoms with Crippen LogP contribution in [0.1, 0.15) is 17.5 Å². The van der Waals surface area contributed by atoms with Gasteiger partial charge in [-0.25, -0.2) is 8.78 Å². The van der Waals surface area contributed by atoms with Crippen molar-refractivity contribution in [3.8, 4) is 34.1 Å². The maximum absolute atomic E-state index is 14.5. The standard InChI is InChI=1S/C31H28F2N4O2/c1-18-6-21(8-23(32)7-18)28-14-36-29-3-2-20(26-11-24(33)9-22(12-34)31(26)38)10-27(29)30(28)37-15-19(16-37)13-35-25-4-5-39-17-25/h2-3,6-11,14,19,25,35,38H,4-5,13,15-17H2,1H3. The second kappa shape index (κ2) is 10.3. The van der Waals surface area contributed by atoms with Gasteiger partial charge < -0.3 is 20.1 Å². The molecule has 2 fully saturated rings. The summed E-state index contributed by atoms with van der Waals surface area (Å²) in [4.78, 5) is 6.94. The minimum absolute atomic E-state index is 0.127. The largest absolute Gasteiger partial charge is 0.506 e. The number of ether oxygens (including phenoxy) is 1. The van der Waals surface area contributed by atoms with Crippen molar-refractivity contribution in [3.05, 3.63) is 77.5 Å². The SMILES string of the molecule is Cc1cc(F)cc(-c2cnc3ccc(-c4cc(F)cc(C#N)c4O)cc3c2N2CC(CNC3CCOC3)C2)c1. The predicted molar refractivity (Wildman–Crippen MR) is 147 cm³/mol. The normalized spacial score (nSPS) is 17.4. The lowest BCUT2D eigenvalue weighted by molar-refractivity contribution is 0.188. The van der Waals surface area contributed by atoms with Crippen molar-refractivity contribution in [2.24, 2.45) is 5.92 Å². The molecule has 0 amide bonds. The van der Waals surface area contributed by atoms with Crippen molar-refractivity contribution in [1.29, 1.82) is 5.26 Å². The summed E-state index contributed by atoms with van der Waals surface area (Å²) in [5.41, 5.74) is 4.66. The summed E-state index contributed by atoms with van der Waals surface area (Å²) in [5, 5.41) is 24.4. The zero-order chi connectivity index (χ0) is 27.1. The number of phenols is 1. The molecule has 3 aromatic carbocycles. The maximum atomic E-state index is 14.5. The van der Waals surface area contributed by atoms with E-state index in [4.69, 9.17) is 4.74 Å². The molecular weight excluding hydrogens is 498 g/mol. The van der Waals surface area contributed by atoms with E-state index in [2.05, 4.69) is 15.2 Å². The van der Waals surface area contributed by atoms with Crippen LogP contribution in [0.2, 0.25) is 0 Å². The summed E-state index contributed by atoms with van der Waals surface area (Å²) >= 11 is 0. The second-order valence-electron chi connectivity index (χ2n) is 10.5. The van der Waals surface area contributed by atoms with Crippen LogP contribution in [0.4, 0.5) is 14.5 Å². The minimum atomic E-state index is -0.604. The van der Waals surface area contributed by atoms with Crippen LogP contribution in [-0.2, 0) is 4.74 Å². The summed E-state index contributed by atoms with van der Waals surface area (Å²) in [6, 6.07) is 14.9. The molecule has 39 heavy (non-hydrogen) atoms. The lowest BCUT2D eigenvalue weighted by Crippen LogP contribution is -2.52. The van der Waals surface area contributed by atoms with Crippen molar-refractivity contribution in [1.82, 2.24) is 10.3 Å². The van der Waals surface area contributed by atoms with Crippen LogP contribution in [0.3, 0.4) is 0 Å². The van der Waals surface area contributed by atoms with Gasteiger partial charge in [0.25, 0.3) is 0 Å². The summed E-state index contributed by atoms with van der Waals surface area (Å²) in [7, 11) is 0. The molecule has 2 saturated heterocycles. The number of hydrogen-bond donors (Lipinski definition) is 2. The Balaban J connectivity index is 1.43. The molecule has 8 heteroatoms. The van der Waals surface area contributed by atoms with E-state index in [-0.39, 0.29) is 22.7 Å². The van der Waals surface area contributed by atoms with Gasteiger partial charge in [-0.05, 0) is 66.4 Å². The molecule has 0 saturated carbocycles. The molecule has 1 unspecified atom stereocenters. The number of fused-ring (bicyclic) bond motifs is 1. The number of hydrogen-bond acceptors (Lipinski definition) is 6. The van der Waals surface area contributed by atoms with Crippen LogP contribution >= 0.6 is 0 Å². The average molecular weight is 527 g/mol. The summed E-state index contributed by atoms with van der Waals surface area (Å²) in [6.07, 6.45) is 2.80. The second-order valence-corrected chi connectivity index (χ2v) is 10.5. The van der Waals surface area contributed by atoms with Gasteiger partial charge in [-0.15, -0.1) is 0 Å². The molecular formula is C31H28F2N4O2. The van der Waals surface area contributed by atoms with Crippen LogP contribution in [0, 0.1) is 35.8 Å². The van der Waals surface area contributed by atoms with E-state index in [1.165, 1.54) is 18.2 Å². The molecule has 0 spiro atoms. The first-order valence-corrected chi connectivity index (χ1v) is 13.1. The number of phenolic OH excluding ortho intramolecular Hbond substituents is 1. The first-order chi connectivity index (χ1) is 18.9. The number of halogens is 2. The van der Waals surface area contributed by atoms with Gasteiger partial charge >= 0.3 is 0 Å². The third kappa shape index (κ3) is 4.91. The molecule has 0 bridgehead atoms. The molecule has 1 aromatic heterocycles. The fourth-order valence-electron chi connectivity index (χ4n) is 5.60. The van der Waals surface area contributed by atoms with Crippen molar-refractivity contribution < 1.29 is 18.6 Å². The van der Waals surface area contributed by atoms with E-state index in [9.17, 15) is 19.1 Å². The lowest BCUT2D eigenvalue weighted by atomic mass is 9.92. The monoisotopic (exact) mass is 526 g/mol. The topological polar surface area (TPSA) is 81.4 Å². The molecule has 3 heterocycles. The highest BCUT2D eigenvalue weighted by Gasteiger charge is 2.31. The fourth-order valence-corrected chi connectivity index (χ4v) is 5.60. The van der Waals surface area contributed by atoms with E-state index in [1.807, 2.05) is 31.2 Å². The van der Waals surface area contributed by atoms with Gasteiger partial charge in [0.1, 0.15) is 23.5 Å². The smallest absolute Gasteiger partial charge is 0.141 e. The molecule has 6 rings (SSSR count). The number of nitrogens with zero attached hydrogens (tertiary/aromatic N) is 3. The minimum Gasteiger partial charge on any atom is -0.506 e. The van der Waals surface area contributed by atoms with E-state index >= 15 is 0 Å². The molecule has 6 nitrogen and oxygen atoms in total. The Kier molecular flexibility index (Phi) is 6.63. The summed E-state index contributed by atoms with van der Waals surface area (Å²) < 4.78 is 34.3. The van der Waals surface area contributed by atoms with Gasteiger partial charge in [-0.2, -0.15) is 5.26 Å². The zero-order valence-corrected chi connectivity index (χ0v) is 21.5. The summed E-state index contributed by atoms with van der Waals surface area (Å²) in [6.45, 7) is 5.92. The number of pyridine rings is 1. The number of aromatic nitrogens is 1. The number of anilines is 1. The van der Waals surface area contributed by atoms with Gasteiger partial charge in [-0.1, -0.05) is 12.1 Å². The Labute approximate surface area is 225 Å². The Morgan fingerprint density at radius 3 is 2.64 bits per heavy atom. The molecule has 2 aliphatic heterocycles. The van der Waals surface area contributed by atoms with Gasteiger partial charge in [0.05, 0.1) is 23.4 Å². The number of benzene rings is 3. The Morgan fingerprint density at radius 2 is 1.90 bits per heavy atom. The van der Waals surface area contributed by atoms with E-state index in [0.717, 1.165) is 78.6 Å². The average Bonchev–Trinajstić information content (AvgIpc) is 3.41. The first-order valence-electron chi connectivity index (χ1n) is 13.1. The number of rotatable bonds is 6. The Hall–Kier alpha value is -4.06. The highest BCUT2D eigenvalue weighted by molar-refractivity contribution is 6.02. The van der Waals surface area contributed by atoms with Crippen LogP contribution in [0.15, 0.2) is 54.7 Å². The van der Waals surface area contributed by atoms with Crippen molar-refractivity contribution in [2.45, 2.75) is 19.4 Å². The zero-order valence-electron chi connectivity index (χ0n) is 21.5. The first kappa shape index (κ1) is 25.2. The Bertz CT molecular complexity index is 1580. The van der Waals surface area contributed by atoms with Gasteiger partial charge in [0, 0.05) is 60.9 Å². The number of nitriles is 1. The molecule has 2 aliphatic rings. The Morgan fingerprint density at radius 1 is 1.08 bits per heavy atom. The van der Waals surface area contributed by atoms with E-state index in [0.29, 0.717) is 17.5 Å². The lowest BCUT2D eigenvalue weighted by Gasteiger charge is -2.43. The molecule has 198 valence electrons. The number of aryl methyl sites for hydroxylation is 1. The van der Waals surface area contributed by atoms with Crippen molar-refractivity contribution in [2.75, 3.05) is 37.7 Å². The highest BCUT2D eigenvalue weighted by atomic mass is 19.1.